The van der Waals surface area contributed by atoms with Crippen LogP contribution in [0.1, 0.15) is 25.8 Å². The second kappa shape index (κ2) is 5.29. The van der Waals surface area contributed by atoms with Crippen LogP contribution in [-0.4, -0.2) is 24.5 Å². The minimum Gasteiger partial charge on any atom is -0.308 e. The van der Waals surface area contributed by atoms with Crippen LogP contribution in [-0.2, 0) is 4.79 Å². The molecule has 2 unspecified atom stereocenters. The first-order valence-electron chi connectivity index (χ1n) is 6.34. The summed E-state index contributed by atoms with van der Waals surface area (Å²) in [6.07, 6.45) is 0.946. The average Bonchev–Trinajstić information content (AvgIpc) is 2.45. The lowest BCUT2D eigenvalue weighted by Crippen LogP contribution is -2.45. The van der Waals surface area contributed by atoms with E-state index < -0.39 is 0 Å². The molecule has 18 heavy (non-hydrogen) atoms. The standard InChI is InChI=1S/C14H19ClN2O/c1-9-7-8-16-11(3)14(18)17(9)13-6-4-5-12(15)10(13)2/h4-6,9,11,16H,7-8H2,1-3H3. The number of hydrogen-bond donors (Lipinski definition) is 1. The molecule has 0 saturated carbocycles. The molecule has 1 amide bonds. The SMILES string of the molecule is Cc1c(Cl)cccc1N1C(=O)C(C)NCCC1C. The molecule has 0 aliphatic carbocycles. The van der Waals surface area contributed by atoms with Crippen molar-refractivity contribution in [3.05, 3.63) is 28.8 Å². The predicted octanol–water partition coefficient (Wildman–Crippen LogP) is 2.75. The van der Waals surface area contributed by atoms with Crippen molar-refractivity contribution in [2.24, 2.45) is 0 Å². The van der Waals surface area contributed by atoms with Crippen LogP contribution in [0.2, 0.25) is 5.02 Å². The summed E-state index contributed by atoms with van der Waals surface area (Å²) in [5.41, 5.74) is 1.89. The lowest BCUT2D eigenvalue weighted by Gasteiger charge is -2.30. The summed E-state index contributed by atoms with van der Waals surface area (Å²) in [6.45, 7) is 6.82. The van der Waals surface area contributed by atoms with Gasteiger partial charge in [0.2, 0.25) is 5.91 Å². The summed E-state index contributed by atoms with van der Waals surface area (Å²) >= 11 is 6.15. The Balaban J connectivity index is 2.45. The number of carbonyl (C=O) groups is 1. The Bertz CT molecular complexity index is 461. The number of benzene rings is 1. The van der Waals surface area contributed by atoms with E-state index in [-0.39, 0.29) is 18.0 Å². The Kier molecular flexibility index (Phi) is 3.93. The molecule has 0 radical (unpaired) electrons. The molecule has 1 aromatic rings. The van der Waals surface area contributed by atoms with E-state index in [1.54, 1.807) is 0 Å². The van der Waals surface area contributed by atoms with Gasteiger partial charge in [0.1, 0.15) is 0 Å². The van der Waals surface area contributed by atoms with Crippen molar-refractivity contribution >= 4 is 23.2 Å². The molecule has 1 aliphatic rings. The molecule has 1 aromatic carbocycles. The molecular formula is C14H19ClN2O. The van der Waals surface area contributed by atoms with E-state index in [4.69, 9.17) is 11.6 Å². The van der Waals surface area contributed by atoms with Crippen molar-refractivity contribution in [3.63, 3.8) is 0 Å². The summed E-state index contributed by atoms with van der Waals surface area (Å²) in [5, 5.41) is 3.94. The van der Waals surface area contributed by atoms with Crippen LogP contribution in [0.3, 0.4) is 0 Å². The van der Waals surface area contributed by atoms with Gasteiger partial charge in [0.05, 0.1) is 6.04 Å². The Labute approximate surface area is 113 Å². The molecule has 0 bridgehead atoms. The van der Waals surface area contributed by atoms with Gasteiger partial charge in [-0.25, -0.2) is 0 Å². The zero-order valence-corrected chi connectivity index (χ0v) is 11.8. The minimum absolute atomic E-state index is 0.116. The van der Waals surface area contributed by atoms with Gasteiger partial charge in [0.15, 0.2) is 0 Å². The van der Waals surface area contributed by atoms with Crippen LogP contribution in [0.25, 0.3) is 0 Å². The summed E-state index contributed by atoms with van der Waals surface area (Å²) in [4.78, 5) is 14.3. The maximum absolute atomic E-state index is 12.4. The van der Waals surface area contributed by atoms with Gasteiger partial charge in [-0.3, -0.25) is 4.79 Å². The quantitative estimate of drug-likeness (QED) is 0.848. The molecule has 1 aliphatic heterocycles. The zero-order chi connectivity index (χ0) is 13.3. The Morgan fingerprint density at radius 1 is 1.39 bits per heavy atom. The molecule has 0 aromatic heterocycles. The Morgan fingerprint density at radius 3 is 2.83 bits per heavy atom. The Hall–Kier alpha value is -1.06. The predicted molar refractivity (Wildman–Crippen MR) is 75.2 cm³/mol. The van der Waals surface area contributed by atoms with Gasteiger partial charge in [-0.05, 0) is 51.4 Å². The van der Waals surface area contributed by atoms with Crippen molar-refractivity contribution < 1.29 is 4.79 Å². The number of rotatable bonds is 1. The van der Waals surface area contributed by atoms with Crippen LogP contribution < -0.4 is 10.2 Å². The molecule has 2 atom stereocenters. The van der Waals surface area contributed by atoms with Gasteiger partial charge >= 0.3 is 0 Å². The van der Waals surface area contributed by atoms with Crippen LogP contribution in [0, 0.1) is 6.92 Å². The molecule has 1 saturated heterocycles. The van der Waals surface area contributed by atoms with E-state index in [1.807, 2.05) is 36.9 Å². The Morgan fingerprint density at radius 2 is 2.11 bits per heavy atom. The van der Waals surface area contributed by atoms with Crippen molar-refractivity contribution in [2.75, 3.05) is 11.4 Å². The number of nitrogens with zero attached hydrogens (tertiary/aromatic N) is 1. The first kappa shape index (κ1) is 13.4. The van der Waals surface area contributed by atoms with E-state index in [1.165, 1.54) is 0 Å². The van der Waals surface area contributed by atoms with Gasteiger partial charge in [0.25, 0.3) is 0 Å². The van der Waals surface area contributed by atoms with Crippen LogP contribution >= 0.6 is 11.6 Å². The lowest BCUT2D eigenvalue weighted by atomic mass is 10.1. The minimum atomic E-state index is -0.145. The van der Waals surface area contributed by atoms with Gasteiger partial charge in [-0.1, -0.05) is 17.7 Å². The zero-order valence-electron chi connectivity index (χ0n) is 11.0. The van der Waals surface area contributed by atoms with Crippen LogP contribution in [0.5, 0.6) is 0 Å². The highest BCUT2D eigenvalue weighted by Crippen LogP contribution is 2.29. The molecule has 1 fully saturated rings. The number of carbonyl (C=O) groups excluding carboxylic acids is 1. The molecule has 2 rings (SSSR count). The highest BCUT2D eigenvalue weighted by Gasteiger charge is 2.30. The molecule has 1 N–H and O–H groups in total. The van der Waals surface area contributed by atoms with Gasteiger partial charge in [-0.15, -0.1) is 0 Å². The van der Waals surface area contributed by atoms with Crippen molar-refractivity contribution in [2.45, 2.75) is 39.3 Å². The first-order valence-corrected chi connectivity index (χ1v) is 6.71. The summed E-state index contributed by atoms with van der Waals surface area (Å²) in [7, 11) is 0. The average molecular weight is 267 g/mol. The van der Waals surface area contributed by atoms with Gasteiger partial charge in [-0.2, -0.15) is 0 Å². The number of amides is 1. The number of hydrogen-bond acceptors (Lipinski definition) is 2. The lowest BCUT2D eigenvalue weighted by molar-refractivity contribution is -0.120. The second-order valence-corrected chi connectivity index (χ2v) is 5.31. The summed E-state index contributed by atoms with van der Waals surface area (Å²) < 4.78 is 0. The van der Waals surface area contributed by atoms with E-state index in [0.717, 1.165) is 24.2 Å². The third kappa shape index (κ3) is 2.38. The fourth-order valence-electron chi connectivity index (χ4n) is 2.36. The van der Waals surface area contributed by atoms with Crippen molar-refractivity contribution in [3.8, 4) is 0 Å². The van der Waals surface area contributed by atoms with Crippen molar-refractivity contribution in [1.82, 2.24) is 5.32 Å². The topological polar surface area (TPSA) is 32.3 Å². The van der Waals surface area contributed by atoms with E-state index in [0.29, 0.717) is 5.02 Å². The van der Waals surface area contributed by atoms with Crippen molar-refractivity contribution in [1.29, 1.82) is 0 Å². The number of nitrogens with one attached hydrogen (secondary N) is 1. The monoisotopic (exact) mass is 266 g/mol. The molecule has 0 spiro atoms. The normalized spacial score (nSPS) is 25.1. The number of halogens is 1. The van der Waals surface area contributed by atoms with Gasteiger partial charge in [0, 0.05) is 16.8 Å². The molecule has 1 heterocycles. The van der Waals surface area contributed by atoms with Crippen LogP contribution in [0.4, 0.5) is 5.69 Å². The molecule has 98 valence electrons. The smallest absolute Gasteiger partial charge is 0.244 e. The largest absolute Gasteiger partial charge is 0.308 e. The molecule has 4 heteroatoms. The van der Waals surface area contributed by atoms with Gasteiger partial charge < -0.3 is 10.2 Å². The molecular weight excluding hydrogens is 248 g/mol. The maximum Gasteiger partial charge on any atom is 0.244 e. The molecule has 3 nitrogen and oxygen atoms in total. The third-order valence-electron chi connectivity index (χ3n) is 3.56. The fourth-order valence-corrected chi connectivity index (χ4v) is 2.53. The maximum atomic E-state index is 12.4. The third-order valence-corrected chi connectivity index (χ3v) is 3.97. The highest BCUT2D eigenvalue weighted by atomic mass is 35.5. The van der Waals surface area contributed by atoms with E-state index >= 15 is 0 Å². The van der Waals surface area contributed by atoms with E-state index in [9.17, 15) is 4.79 Å². The highest BCUT2D eigenvalue weighted by molar-refractivity contribution is 6.31. The second-order valence-electron chi connectivity index (χ2n) is 4.91. The van der Waals surface area contributed by atoms with E-state index in [2.05, 4.69) is 12.2 Å². The van der Waals surface area contributed by atoms with Crippen LogP contribution in [0.15, 0.2) is 18.2 Å². The fraction of sp³-hybridized carbons (Fsp3) is 0.500. The summed E-state index contributed by atoms with van der Waals surface area (Å²) in [5.74, 6) is 0.116. The first-order chi connectivity index (χ1) is 8.52. The number of anilines is 1. The summed E-state index contributed by atoms with van der Waals surface area (Å²) in [6, 6.07) is 5.76.